The first-order valence-corrected chi connectivity index (χ1v) is 5.28. The molecule has 1 fully saturated rings. The predicted octanol–water partition coefficient (Wildman–Crippen LogP) is 1.55. The van der Waals surface area contributed by atoms with Gasteiger partial charge in [-0.05, 0) is 13.8 Å². The number of aromatic nitrogens is 1. The first-order valence-electron chi connectivity index (χ1n) is 5.28. The molecule has 3 nitrogen and oxygen atoms in total. The standard InChI is InChI=1S/C11H15F2N3/c1-11(2)7-16(4-3-15-11)10-8(12)5-14-6-9(10)13/h5-6,15H,3-4,7H2,1-2H3. The van der Waals surface area contributed by atoms with Crippen LogP contribution < -0.4 is 10.2 Å². The van der Waals surface area contributed by atoms with Crippen molar-refractivity contribution in [2.24, 2.45) is 0 Å². The van der Waals surface area contributed by atoms with E-state index in [0.717, 1.165) is 12.4 Å². The predicted molar refractivity (Wildman–Crippen MR) is 58.4 cm³/mol. The van der Waals surface area contributed by atoms with Gasteiger partial charge < -0.3 is 10.2 Å². The lowest BCUT2D eigenvalue weighted by Crippen LogP contribution is -2.57. The summed E-state index contributed by atoms with van der Waals surface area (Å²) in [6, 6.07) is 0. The molecule has 5 heteroatoms. The lowest BCUT2D eigenvalue weighted by atomic mass is 10.0. The molecule has 0 aromatic carbocycles. The van der Waals surface area contributed by atoms with E-state index in [2.05, 4.69) is 10.3 Å². The number of halogens is 2. The third-order valence-electron chi connectivity index (χ3n) is 2.72. The average Bonchev–Trinajstić information content (AvgIpc) is 2.15. The van der Waals surface area contributed by atoms with Crippen LogP contribution in [0.15, 0.2) is 12.4 Å². The number of nitrogens with one attached hydrogen (secondary N) is 1. The van der Waals surface area contributed by atoms with E-state index in [1.54, 1.807) is 4.90 Å². The molecule has 2 heterocycles. The quantitative estimate of drug-likeness (QED) is 0.789. The molecule has 1 aliphatic rings. The van der Waals surface area contributed by atoms with Gasteiger partial charge in [0.2, 0.25) is 0 Å². The van der Waals surface area contributed by atoms with E-state index in [1.165, 1.54) is 0 Å². The van der Waals surface area contributed by atoms with Gasteiger partial charge in [-0.3, -0.25) is 4.98 Å². The molecule has 0 atom stereocenters. The van der Waals surface area contributed by atoms with E-state index in [1.807, 2.05) is 13.8 Å². The van der Waals surface area contributed by atoms with Gasteiger partial charge in [-0.15, -0.1) is 0 Å². The van der Waals surface area contributed by atoms with E-state index < -0.39 is 11.6 Å². The molecule has 1 saturated heterocycles. The van der Waals surface area contributed by atoms with Crippen LogP contribution in [0.25, 0.3) is 0 Å². The largest absolute Gasteiger partial charge is 0.364 e. The third kappa shape index (κ3) is 2.14. The Kier molecular flexibility index (Phi) is 2.80. The molecule has 0 spiro atoms. The van der Waals surface area contributed by atoms with Crippen LogP contribution in [0.1, 0.15) is 13.8 Å². The van der Waals surface area contributed by atoms with E-state index in [-0.39, 0.29) is 11.2 Å². The topological polar surface area (TPSA) is 28.2 Å². The SMILES string of the molecule is CC1(C)CN(c2c(F)cncc2F)CCN1. The van der Waals surface area contributed by atoms with Crippen LogP contribution in [0.3, 0.4) is 0 Å². The monoisotopic (exact) mass is 227 g/mol. The molecule has 1 aromatic rings. The summed E-state index contributed by atoms with van der Waals surface area (Å²) in [6.07, 6.45) is 2.10. The van der Waals surface area contributed by atoms with Gasteiger partial charge in [0.15, 0.2) is 11.6 Å². The molecule has 0 amide bonds. The van der Waals surface area contributed by atoms with Crippen molar-refractivity contribution in [3.8, 4) is 0 Å². The van der Waals surface area contributed by atoms with Gasteiger partial charge in [0.1, 0.15) is 5.69 Å². The molecule has 1 aliphatic heterocycles. The highest BCUT2D eigenvalue weighted by atomic mass is 19.1. The van der Waals surface area contributed by atoms with Gasteiger partial charge in [0, 0.05) is 25.2 Å². The molecule has 0 radical (unpaired) electrons. The first-order chi connectivity index (χ1) is 7.49. The minimum Gasteiger partial charge on any atom is -0.364 e. The van der Waals surface area contributed by atoms with Crippen LogP contribution in [-0.4, -0.2) is 30.2 Å². The number of piperazine rings is 1. The maximum Gasteiger partial charge on any atom is 0.167 e. The Balaban J connectivity index is 2.30. The normalized spacial score (nSPS) is 19.9. The molecule has 0 bridgehead atoms. The highest BCUT2D eigenvalue weighted by Gasteiger charge is 2.28. The molecule has 2 rings (SSSR count). The molecular weight excluding hydrogens is 212 g/mol. The summed E-state index contributed by atoms with van der Waals surface area (Å²) in [5.41, 5.74) is -0.106. The molecule has 0 aliphatic carbocycles. The fourth-order valence-corrected chi connectivity index (χ4v) is 2.04. The molecule has 88 valence electrons. The van der Waals surface area contributed by atoms with Crippen molar-refractivity contribution < 1.29 is 8.78 Å². The van der Waals surface area contributed by atoms with E-state index >= 15 is 0 Å². The second-order valence-electron chi connectivity index (χ2n) is 4.68. The molecule has 1 N–H and O–H groups in total. The fourth-order valence-electron chi connectivity index (χ4n) is 2.04. The van der Waals surface area contributed by atoms with Crippen LogP contribution in [0.2, 0.25) is 0 Å². The Hall–Kier alpha value is -1.23. The minimum atomic E-state index is -0.599. The minimum absolute atomic E-state index is 0.0320. The molecule has 1 aromatic heterocycles. The summed E-state index contributed by atoms with van der Waals surface area (Å²) < 4.78 is 27.0. The zero-order chi connectivity index (χ0) is 11.8. The van der Waals surface area contributed by atoms with Crippen molar-refractivity contribution in [3.63, 3.8) is 0 Å². The molecule has 16 heavy (non-hydrogen) atoms. The van der Waals surface area contributed by atoms with Crippen LogP contribution in [0.5, 0.6) is 0 Å². The van der Waals surface area contributed by atoms with Gasteiger partial charge in [-0.25, -0.2) is 8.78 Å². The highest BCUT2D eigenvalue weighted by molar-refractivity contribution is 5.48. The second kappa shape index (κ2) is 3.97. The average molecular weight is 227 g/mol. The molecule has 0 unspecified atom stereocenters. The summed E-state index contributed by atoms with van der Waals surface area (Å²) in [4.78, 5) is 5.21. The van der Waals surface area contributed by atoms with Crippen molar-refractivity contribution in [1.82, 2.24) is 10.3 Å². The number of anilines is 1. The van der Waals surface area contributed by atoms with Crippen LogP contribution in [-0.2, 0) is 0 Å². The maximum atomic E-state index is 13.5. The van der Waals surface area contributed by atoms with Gasteiger partial charge >= 0.3 is 0 Å². The van der Waals surface area contributed by atoms with Gasteiger partial charge in [-0.2, -0.15) is 0 Å². The van der Waals surface area contributed by atoms with E-state index in [9.17, 15) is 8.78 Å². The van der Waals surface area contributed by atoms with Crippen molar-refractivity contribution in [2.45, 2.75) is 19.4 Å². The zero-order valence-electron chi connectivity index (χ0n) is 9.43. The summed E-state index contributed by atoms with van der Waals surface area (Å²) in [5, 5.41) is 3.29. The van der Waals surface area contributed by atoms with Crippen molar-refractivity contribution in [1.29, 1.82) is 0 Å². The Morgan fingerprint density at radius 1 is 1.31 bits per heavy atom. The van der Waals surface area contributed by atoms with Gasteiger partial charge in [0.05, 0.1) is 12.4 Å². The highest BCUT2D eigenvalue weighted by Crippen LogP contribution is 2.25. The fraction of sp³-hybridized carbons (Fsp3) is 0.545. The lowest BCUT2D eigenvalue weighted by molar-refractivity contribution is 0.348. The van der Waals surface area contributed by atoms with Gasteiger partial charge in [0.25, 0.3) is 0 Å². The summed E-state index contributed by atoms with van der Waals surface area (Å²) in [6.45, 7) is 5.91. The number of hydrogen-bond acceptors (Lipinski definition) is 3. The van der Waals surface area contributed by atoms with Crippen LogP contribution in [0, 0.1) is 11.6 Å². The number of rotatable bonds is 1. The van der Waals surface area contributed by atoms with Crippen molar-refractivity contribution in [2.75, 3.05) is 24.5 Å². The Bertz CT molecular complexity index is 373. The van der Waals surface area contributed by atoms with Crippen LogP contribution >= 0.6 is 0 Å². The Morgan fingerprint density at radius 2 is 1.94 bits per heavy atom. The molecule has 0 saturated carbocycles. The van der Waals surface area contributed by atoms with Crippen molar-refractivity contribution in [3.05, 3.63) is 24.0 Å². The smallest absolute Gasteiger partial charge is 0.167 e. The Labute approximate surface area is 93.5 Å². The third-order valence-corrected chi connectivity index (χ3v) is 2.72. The first kappa shape index (κ1) is 11.3. The van der Waals surface area contributed by atoms with Crippen molar-refractivity contribution >= 4 is 5.69 Å². The van der Waals surface area contributed by atoms with E-state index in [4.69, 9.17) is 0 Å². The second-order valence-corrected chi connectivity index (χ2v) is 4.68. The number of hydrogen-bond donors (Lipinski definition) is 1. The number of nitrogens with zero attached hydrogens (tertiary/aromatic N) is 2. The Morgan fingerprint density at radius 3 is 2.50 bits per heavy atom. The lowest BCUT2D eigenvalue weighted by Gasteiger charge is -2.40. The summed E-state index contributed by atoms with van der Waals surface area (Å²) in [5.74, 6) is -1.20. The number of pyridine rings is 1. The summed E-state index contributed by atoms with van der Waals surface area (Å²) in [7, 11) is 0. The van der Waals surface area contributed by atoms with Gasteiger partial charge in [-0.1, -0.05) is 0 Å². The molecular formula is C11H15F2N3. The summed E-state index contributed by atoms with van der Waals surface area (Å²) >= 11 is 0. The zero-order valence-corrected chi connectivity index (χ0v) is 9.43. The maximum absolute atomic E-state index is 13.5. The van der Waals surface area contributed by atoms with Crippen LogP contribution in [0.4, 0.5) is 14.5 Å². The van der Waals surface area contributed by atoms with E-state index in [0.29, 0.717) is 19.6 Å².